The predicted molar refractivity (Wildman–Crippen MR) is 72.3 cm³/mol. The summed E-state index contributed by atoms with van der Waals surface area (Å²) in [5, 5.41) is 8.64. The van der Waals surface area contributed by atoms with Gasteiger partial charge >= 0.3 is 0 Å². The highest BCUT2D eigenvalue weighted by Crippen LogP contribution is 2.42. The van der Waals surface area contributed by atoms with Gasteiger partial charge in [-0.1, -0.05) is 42.1 Å². The molecule has 2 rings (SSSR count). The molecule has 1 saturated heterocycles. The van der Waals surface area contributed by atoms with Crippen LogP contribution in [0.15, 0.2) is 30.3 Å². The second kappa shape index (κ2) is 4.70. The lowest BCUT2D eigenvalue weighted by molar-refractivity contribution is -0.0966. The summed E-state index contributed by atoms with van der Waals surface area (Å²) >= 11 is 1.54. The van der Waals surface area contributed by atoms with Gasteiger partial charge in [0.2, 0.25) is 0 Å². The summed E-state index contributed by atoms with van der Waals surface area (Å²) in [5.74, 6) is 0.768. The minimum Gasteiger partial charge on any atom is -0.354 e. The number of nitrogens with zero attached hydrogens (tertiary/aromatic N) is 1. The Labute approximate surface area is 107 Å². The van der Waals surface area contributed by atoms with Gasteiger partial charge in [0.05, 0.1) is 5.75 Å². The number of methoxy groups -OCH3 is 1. The number of hydrogen-bond donors (Lipinski definition) is 1. The number of nitrogens with one attached hydrogen (secondary N) is 1. The molecule has 0 aliphatic carbocycles. The third kappa shape index (κ3) is 1.96. The van der Waals surface area contributed by atoms with Crippen LogP contribution in [-0.2, 0) is 10.5 Å². The van der Waals surface area contributed by atoms with Gasteiger partial charge in [-0.25, -0.2) is 0 Å². The Hall–Kier alpha value is -1.00. The summed E-state index contributed by atoms with van der Waals surface area (Å²) in [7, 11) is 1.72. The number of thioether (sulfide) groups is 1. The van der Waals surface area contributed by atoms with E-state index in [9.17, 15) is 0 Å². The van der Waals surface area contributed by atoms with E-state index < -0.39 is 5.72 Å². The molecule has 0 saturated carbocycles. The van der Waals surface area contributed by atoms with Crippen molar-refractivity contribution in [3.8, 4) is 0 Å². The topological polar surface area (TPSA) is 36.3 Å². The Morgan fingerprint density at radius 2 is 2.00 bits per heavy atom. The highest BCUT2D eigenvalue weighted by Gasteiger charge is 2.47. The molecule has 1 aromatic rings. The normalized spacial score (nSPS) is 24.7. The van der Waals surface area contributed by atoms with Crippen LogP contribution >= 0.6 is 11.8 Å². The number of ether oxygens (including phenoxy) is 1. The lowest BCUT2D eigenvalue weighted by atomic mass is 10.0. The third-order valence-electron chi connectivity index (χ3n) is 3.09. The van der Waals surface area contributed by atoms with Gasteiger partial charge in [-0.15, -0.1) is 0 Å². The molecule has 0 amide bonds. The molecule has 1 aromatic carbocycles. The van der Waals surface area contributed by atoms with E-state index >= 15 is 0 Å². The van der Waals surface area contributed by atoms with Crippen LogP contribution in [0.1, 0.15) is 19.4 Å². The van der Waals surface area contributed by atoms with Crippen LogP contribution < -0.4 is 0 Å². The van der Waals surface area contributed by atoms with Crippen molar-refractivity contribution in [3.63, 3.8) is 0 Å². The Kier molecular flexibility index (Phi) is 3.45. The van der Waals surface area contributed by atoms with Crippen molar-refractivity contribution in [2.45, 2.75) is 25.6 Å². The van der Waals surface area contributed by atoms with E-state index in [1.165, 1.54) is 0 Å². The van der Waals surface area contributed by atoms with E-state index in [0.717, 1.165) is 11.3 Å². The van der Waals surface area contributed by atoms with Crippen LogP contribution in [0, 0.1) is 5.41 Å². The first-order valence-electron chi connectivity index (χ1n) is 5.73. The zero-order valence-corrected chi connectivity index (χ0v) is 11.3. The van der Waals surface area contributed by atoms with E-state index in [1.807, 2.05) is 23.1 Å². The molecule has 0 radical (unpaired) electrons. The Morgan fingerprint density at radius 3 is 2.53 bits per heavy atom. The van der Waals surface area contributed by atoms with Crippen LogP contribution in [-0.4, -0.2) is 29.0 Å². The molecule has 0 bridgehead atoms. The number of amidine groups is 1. The highest BCUT2D eigenvalue weighted by molar-refractivity contribution is 8.14. The number of hydrogen-bond acceptors (Lipinski definition) is 3. The SMILES string of the molecule is COC1(c2ccccc2)CSC(=N)N1C(C)C. The summed E-state index contributed by atoms with van der Waals surface area (Å²) in [6, 6.07) is 10.4. The van der Waals surface area contributed by atoms with Crippen molar-refractivity contribution >= 4 is 16.9 Å². The summed E-state index contributed by atoms with van der Waals surface area (Å²) < 4.78 is 5.79. The Morgan fingerprint density at radius 1 is 1.35 bits per heavy atom. The van der Waals surface area contributed by atoms with Gasteiger partial charge in [-0.05, 0) is 13.8 Å². The predicted octanol–water partition coefficient (Wildman–Crippen LogP) is 2.88. The van der Waals surface area contributed by atoms with Gasteiger partial charge in [0, 0.05) is 18.7 Å². The maximum absolute atomic E-state index is 8.05. The van der Waals surface area contributed by atoms with E-state index in [1.54, 1.807) is 18.9 Å². The van der Waals surface area contributed by atoms with E-state index in [4.69, 9.17) is 10.1 Å². The molecule has 92 valence electrons. The molecule has 1 aliphatic heterocycles. The smallest absolute Gasteiger partial charge is 0.178 e. The number of rotatable bonds is 3. The lowest BCUT2D eigenvalue weighted by Crippen LogP contribution is -2.49. The average Bonchev–Trinajstić information content (AvgIpc) is 2.69. The van der Waals surface area contributed by atoms with Crippen LogP contribution in [0.5, 0.6) is 0 Å². The largest absolute Gasteiger partial charge is 0.354 e. The summed E-state index contributed by atoms with van der Waals surface area (Å²) in [4.78, 5) is 2.05. The zero-order chi connectivity index (χ0) is 12.5. The lowest BCUT2D eigenvalue weighted by Gasteiger charge is -2.40. The average molecular weight is 250 g/mol. The molecule has 0 spiro atoms. The highest BCUT2D eigenvalue weighted by atomic mass is 32.2. The van der Waals surface area contributed by atoms with Crippen LogP contribution in [0.25, 0.3) is 0 Å². The molecular formula is C13H18N2OS. The molecule has 17 heavy (non-hydrogen) atoms. The van der Waals surface area contributed by atoms with Gasteiger partial charge in [0.15, 0.2) is 10.9 Å². The van der Waals surface area contributed by atoms with Crippen molar-refractivity contribution in [1.29, 1.82) is 5.41 Å². The molecule has 1 fully saturated rings. The quantitative estimate of drug-likeness (QED) is 0.896. The van der Waals surface area contributed by atoms with Crippen molar-refractivity contribution in [3.05, 3.63) is 35.9 Å². The minimum absolute atomic E-state index is 0.248. The fourth-order valence-electron chi connectivity index (χ4n) is 2.32. The van der Waals surface area contributed by atoms with E-state index in [2.05, 4.69) is 26.0 Å². The summed E-state index contributed by atoms with van der Waals surface area (Å²) in [6.45, 7) is 4.19. The van der Waals surface area contributed by atoms with E-state index in [0.29, 0.717) is 5.17 Å². The molecule has 1 atom stereocenters. The zero-order valence-electron chi connectivity index (χ0n) is 10.4. The van der Waals surface area contributed by atoms with Crippen molar-refractivity contribution in [2.75, 3.05) is 12.9 Å². The minimum atomic E-state index is -0.489. The van der Waals surface area contributed by atoms with Crippen molar-refractivity contribution in [1.82, 2.24) is 4.90 Å². The summed E-state index contributed by atoms with van der Waals surface area (Å²) in [5.41, 5.74) is 0.628. The first-order chi connectivity index (χ1) is 8.12. The van der Waals surface area contributed by atoms with Gasteiger partial charge in [-0.2, -0.15) is 0 Å². The summed E-state index contributed by atoms with van der Waals surface area (Å²) in [6.07, 6.45) is 0. The maximum atomic E-state index is 8.05. The molecule has 0 aromatic heterocycles. The fourth-order valence-corrected chi connectivity index (χ4v) is 3.57. The third-order valence-corrected chi connectivity index (χ3v) is 4.10. The van der Waals surface area contributed by atoms with Gasteiger partial charge in [0.25, 0.3) is 0 Å². The monoisotopic (exact) mass is 250 g/mol. The molecule has 3 nitrogen and oxygen atoms in total. The first-order valence-corrected chi connectivity index (χ1v) is 6.72. The first kappa shape index (κ1) is 12.5. The van der Waals surface area contributed by atoms with Crippen molar-refractivity contribution in [2.24, 2.45) is 0 Å². The molecule has 4 heteroatoms. The van der Waals surface area contributed by atoms with Crippen molar-refractivity contribution < 1.29 is 4.74 Å². The maximum Gasteiger partial charge on any atom is 0.178 e. The molecular weight excluding hydrogens is 232 g/mol. The number of benzene rings is 1. The molecule has 1 N–H and O–H groups in total. The van der Waals surface area contributed by atoms with Gasteiger partial charge in [0.1, 0.15) is 0 Å². The van der Waals surface area contributed by atoms with Crippen LogP contribution in [0.3, 0.4) is 0 Å². The standard InChI is InChI=1S/C13H18N2OS/c1-10(2)15-12(14)17-9-13(15,16-3)11-7-5-4-6-8-11/h4-8,10,14H,9H2,1-3H3. The Balaban J connectivity index is 2.47. The van der Waals surface area contributed by atoms with Gasteiger partial charge < -0.3 is 9.64 Å². The van der Waals surface area contributed by atoms with Gasteiger partial charge in [-0.3, -0.25) is 5.41 Å². The molecule has 1 unspecified atom stereocenters. The Bertz CT molecular complexity index is 407. The van der Waals surface area contributed by atoms with E-state index in [-0.39, 0.29) is 6.04 Å². The molecule has 1 aliphatic rings. The van der Waals surface area contributed by atoms with Crippen LogP contribution in [0.2, 0.25) is 0 Å². The van der Waals surface area contributed by atoms with Crippen LogP contribution in [0.4, 0.5) is 0 Å². The molecule has 1 heterocycles. The fraction of sp³-hybridized carbons (Fsp3) is 0.462. The second-order valence-electron chi connectivity index (χ2n) is 4.41. The second-order valence-corrected chi connectivity index (χ2v) is 5.38.